The van der Waals surface area contributed by atoms with Crippen molar-refractivity contribution in [1.82, 2.24) is 4.98 Å². The molecule has 0 bridgehead atoms. The third-order valence-corrected chi connectivity index (χ3v) is 4.64. The summed E-state index contributed by atoms with van der Waals surface area (Å²) in [5, 5.41) is -0.282. The molecule has 2 heterocycles. The lowest BCUT2D eigenvalue weighted by Crippen LogP contribution is -2.07. The van der Waals surface area contributed by atoms with Crippen molar-refractivity contribution in [3.63, 3.8) is 0 Å². The zero-order chi connectivity index (χ0) is 9.31. The van der Waals surface area contributed by atoms with E-state index in [1.54, 1.807) is 24.5 Å². The first-order valence-electron chi connectivity index (χ1n) is 4.32. The van der Waals surface area contributed by atoms with Crippen LogP contribution in [0.4, 0.5) is 0 Å². The van der Waals surface area contributed by atoms with Crippen LogP contribution >= 0.6 is 0 Å². The quantitative estimate of drug-likeness (QED) is 0.682. The molecule has 1 saturated heterocycles. The molecule has 0 aromatic carbocycles. The Morgan fingerprint density at radius 1 is 1.31 bits per heavy atom. The Morgan fingerprint density at radius 3 is 2.54 bits per heavy atom. The smallest absolute Gasteiger partial charge is 0.157 e. The third kappa shape index (κ3) is 1.58. The summed E-state index contributed by atoms with van der Waals surface area (Å²) in [5.74, 6) is 0.333. The minimum Gasteiger partial charge on any atom is -0.265 e. The van der Waals surface area contributed by atoms with Gasteiger partial charge in [0.2, 0.25) is 0 Å². The van der Waals surface area contributed by atoms with E-state index in [4.69, 9.17) is 0 Å². The van der Waals surface area contributed by atoms with Gasteiger partial charge in [-0.3, -0.25) is 4.98 Å². The van der Waals surface area contributed by atoms with Crippen LogP contribution in [0.15, 0.2) is 24.5 Å². The number of hydrogen-bond donors (Lipinski definition) is 0. The second kappa shape index (κ2) is 3.10. The fourth-order valence-corrected chi connectivity index (χ4v) is 3.69. The third-order valence-electron chi connectivity index (χ3n) is 2.41. The summed E-state index contributed by atoms with van der Waals surface area (Å²) in [7, 11) is -2.87. The molecule has 0 radical (unpaired) electrons. The number of aromatic nitrogens is 1. The molecule has 3 nitrogen and oxygen atoms in total. The summed E-state index contributed by atoms with van der Waals surface area (Å²) < 4.78 is 23.1. The molecule has 1 aliphatic rings. The molecule has 0 spiro atoms. The van der Waals surface area contributed by atoms with Crippen molar-refractivity contribution in [3.05, 3.63) is 30.1 Å². The van der Waals surface area contributed by atoms with Gasteiger partial charge in [-0.05, 0) is 30.5 Å². The maximum atomic E-state index is 11.5. The summed E-state index contributed by atoms with van der Waals surface area (Å²) in [6.07, 6.45) is 4.83. The predicted octanol–water partition coefficient (Wildman–Crippen LogP) is 1.33. The van der Waals surface area contributed by atoms with Gasteiger partial charge < -0.3 is 0 Å². The van der Waals surface area contributed by atoms with Gasteiger partial charge in [0.25, 0.3) is 0 Å². The summed E-state index contributed by atoms with van der Waals surface area (Å²) in [4.78, 5) is 3.87. The number of nitrogens with zero attached hydrogens (tertiary/aromatic N) is 1. The summed E-state index contributed by atoms with van der Waals surface area (Å²) >= 11 is 0. The Morgan fingerprint density at radius 2 is 2.00 bits per heavy atom. The molecule has 1 aromatic heterocycles. The maximum absolute atomic E-state index is 11.5. The average molecular weight is 197 g/mol. The van der Waals surface area contributed by atoms with Crippen LogP contribution in [0.25, 0.3) is 0 Å². The van der Waals surface area contributed by atoms with E-state index in [1.807, 2.05) is 0 Å². The number of sulfone groups is 1. The zero-order valence-corrected chi connectivity index (χ0v) is 8.00. The Labute approximate surface area is 77.7 Å². The van der Waals surface area contributed by atoms with Gasteiger partial charge in [0.15, 0.2) is 9.84 Å². The lowest BCUT2D eigenvalue weighted by Gasteiger charge is -2.07. The lowest BCUT2D eigenvalue weighted by atomic mass is 10.1. The highest BCUT2D eigenvalue weighted by Crippen LogP contribution is 2.33. The second-order valence-electron chi connectivity index (χ2n) is 3.28. The van der Waals surface area contributed by atoms with Gasteiger partial charge in [0, 0.05) is 12.4 Å². The molecule has 0 saturated carbocycles. The van der Waals surface area contributed by atoms with E-state index in [9.17, 15) is 8.42 Å². The van der Waals surface area contributed by atoms with Gasteiger partial charge in [-0.15, -0.1) is 0 Å². The molecule has 70 valence electrons. The van der Waals surface area contributed by atoms with Gasteiger partial charge in [0.05, 0.1) is 11.0 Å². The van der Waals surface area contributed by atoms with Crippen LogP contribution < -0.4 is 0 Å². The molecular formula is C9H11NO2S. The fraction of sp³-hybridized carbons (Fsp3) is 0.444. The van der Waals surface area contributed by atoms with Gasteiger partial charge in [-0.25, -0.2) is 8.42 Å². The molecule has 1 aromatic rings. The first-order valence-corrected chi connectivity index (χ1v) is 6.03. The maximum Gasteiger partial charge on any atom is 0.157 e. The van der Waals surface area contributed by atoms with Crippen molar-refractivity contribution in [2.45, 2.75) is 18.1 Å². The van der Waals surface area contributed by atoms with Crippen molar-refractivity contribution >= 4 is 9.84 Å². The highest BCUT2D eigenvalue weighted by Gasteiger charge is 2.32. The number of rotatable bonds is 1. The number of hydrogen-bond acceptors (Lipinski definition) is 3. The highest BCUT2D eigenvalue weighted by atomic mass is 32.2. The van der Waals surface area contributed by atoms with Crippen LogP contribution in [0.3, 0.4) is 0 Å². The molecule has 0 aliphatic carbocycles. The molecule has 13 heavy (non-hydrogen) atoms. The minimum absolute atomic E-state index is 0.282. The molecule has 1 atom stereocenters. The summed E-state index contributed by atoms with van der Waals surface area (Å²) in [6.45, 7) is 0. The Kier molecular flexibility index (Phi) is 2.07. The standard InChI is InChI=1S/C9H11NO2S/c11-13(12)7-1-2-9(13)8-3-5-10-6-4-8/h3-6,9H,1-2,7H2/t9-/m1/s1. The summed E-state index contributed by atoms with van der Waals surface area (Å²) in [5.41, 5.74) is 0.882. The number of pyridine rings is 1. The molecule has 1 aliphatic heterocycles. The Bertz CT molecular complexity index is 385. The first kappa shape index (κ1) is 8.69. The molecule has 2 rings (SSSR count). The molecule has 0 unspecified atom stereocenters. The van der Waals surface area contributed by atoms with Gasteiger partial charge in [-0.2, -0.15) is 0 Å². The van der Waals surface area contributed by atoms with Gasteiger partial charge in [-0.1, -0.05) is 0 Å². The predicted molar refractivity (Wildman–Crippen MR) is 50.0 cm³/mol. The molecule has 4 heteroatoms. The van der Waals surface area contributed by atoms with Gasteiger partial charge in [0.1, 0.15) is 0 Å². The SMILES string of the molecule is O=S1(=O)CCC[C@@H]1c1ccncc1. The van der Waals surface area contributed by atoms with E-state index >= 15 is 0 Å². The van der Waals surface area contributed by atoms with Crippen LogP contribution in [0.1, 0.15) is 23.7 Å². The Balaban J connectivity index is 2.38. The largest absolute Gasteiger partial charge is 0.265 e. The Hall–Kier alpha value is -0.900. The van der Waals surface area contributed by atoms with E-state index < -0.39 is 9.84 Å². The van der Waals surface area contributed by atoms with Gasteiger partial charge >= 0.3 is 0 Å². The van der Waals surface area contributed by atoms with E-state index in [0.717, 1.165) is 18.4 Å². The van der Waals surface area contributed by atoms with Crippen molar-refractivity contribution < 1.29 is 8.42 Å². The van der Waals surface area contributed by atoms with Crippen molar-refractivity contribution in [1.29, 1.82) is 0 Å². The average Bonchev–Trinajstić information content (AvgIpc) is 2.47. The van der Waals surface area contributed by atoms with Crippen LogP contribution in [-0.2, 0) is 9.84 Å². The summed E-state index contributed by atoms with van der Waals surface area (Å²) in [6, 6.07) is 3.57. The van der Waals surface area contributed by atoms with Crippen molar-refractivity contribution in [2.24, 2.45) is 0 Å². The topological polar surface area (TPSA) is 47.0 Å². The van der Waals surface area contributed by atoms with Crippen LogP contribution in [0.2, 0.25) is 0 Å². The lowest BCUT2D eigenvalue weighted by molar-refractivity contribution is 0.592. The van der Waals surface area contributed by atoms with E-state index in [0.29, 0.717) is 5.75 Å². The molecular weight excluding hydrogens is 186 g/mol. The molecule has 0 amide bonds. The van der Waals surface area contributed by atoms with Crippen molar-refractivity contribution in [2.75, 3.05) is 5.75 Å². The van der Waals surface area contributed by atoms with E-state index in [1.165, 1.54) is 0 Å². The van der Waals surface area contributed by atoms with E-state index in [-0.39, 0.29) is 5.25 Å². The zero-order valence-electron chi connectivity index (χ0n) is 7.18. The van der Waals surface area contributed by atoms with Crippen LogP contribution in [0, 0.1) is 0 Å². The molecule has 0 N–H and O–H groups in total. The monoisotopic (exact) mass is 197 g/mol. The molecule has 1 fully saturated rings. The first-order chi connectivity index (χ1) is 6.20. The van der Waals surface area contributed by atoms with Crippen molar-refractivity contribution in [3.8, 4) is 0 Å². The highest BCUT2D eigenvalue weighted by molar-refractivity contribution is 7.91. The normalized spacial score (nSPS) is 26.0. The van der Waals surface area contributed by atoms with E-state index in [2.05, 4.69) is 4.98 Å². The second-order valence-corrected chi connectivity index (χ2v) is 5.58. The van der Waals surface area contributed by atoms with Crippen LogP contribution in [-0.4, -0.2) is 19.2 Å². The van der Waals surface area contributed by atoms with Crippen LogP contribution in [0.5, 0.6) is 0 Å². The fourth-order valence-electron chi connectivity index (χ4n) is 1.74. The minimum atomic E-state index is -2.87.